The first-order valence-corrected chi connectivity index (χ1v) is 8.68. The Kier molecular flexibility index (Phi) is 4.74. The Morgan fingerprint density at radius 1 is 1.32 bits per heavy atom. The maximum Gasteiger partial charge on any atom is 0.222 e. The van der Waals surface area contributed by atoms with Gasteiger partial charge in [0, 0.05) is 29.9 Å². The van der Waals surface area contributed by atoms with Crippen LogP contribution in [0.5, 0.6) is 0 Å². The van der Waals surface area contributed by atoms with Crippen molar-refractivity contribution in [3.63, 3.8) is 0 Å². The average molecular weight is 322 g/mol. The second-order valence-electron chi connectivity index (χ2n) is 6.78. The number of aliphatic hydroxyl groups excluding tert-OH is 1. The maximum atomic E-state index is 12.5. The minimum atomic E-state index is -0.230. The molecule has 2 aliphatic rings. The minimum absolute atomic E-state index is 0.0295. The summed E-state index contributed by atoms with van der Waals surface area (Å²) >= 11 is 6.15. The first kappa shape index (κ1) is 15.8. The lowest BCUT2D eigenvalue weighted by molar-refractivity contribution is -0.136. The number of halogens is 1. The van der Waals surface area contributed by atoms with E-state index in [0.717, 1.165) is 55.8 Å². The number of benzene rings is 1. The number of aryl methyl sites for hydroxylation is 1. The van der Waals surface area contributed by atoms with Crippen LogP contribution in [0, 0.1) is 5.41 Å². The van der Waals surface area contributed by atoms with E-state index >= 15 is 0 Å². The van der Waals surface area contributed by atoms with Gasteiger partial charge in [0.05, 0.1) is 6.10 Å². The molecule has 1 aromatic carbocycles. The highest BCUT2D eigenvalue weighted by molar-refractivity contribution is 6.31. The zero-order chi connectivity index (χ0) is 15.6. The highest BCUT2D eigenvalue weighted by atomic mass is 35.5. The lowest BCUT2D eigenvalue weighted by Crippen LogP contribution is -2.49. The van der Waals surface area contributed by atoms with Crippen molar-refractivity contribution in [3.8, 4) is 0 Å². The number of carbonyl (C=O) groups excluding carboxylic acids is 1. The summed E-state index contributed by atoms with van der Waals surface area (Å²) in [7, 11) is 0. The first-order chi connectivity index (χ1) is 10.6. The second kappa shape index (κ2) is 6.59. The number of hydrogen-bond acceptors (Lipinski definition) is 2. The van der Waals surface area contributed by atoms with Crippen molar-refractivity contribution in [1.29, 1.82) is 0 Å². The average Bonchev–Trinajstić information content (AvgIpc) is 2.86. The third kappa shape index (κ3) is 3.16. The van der Waals surface area contributed by atoms with Gasteiger partial charge in [0.1, 0.15) is 0 Å². The summed E-state index contributed by atoms with van der Waals surface area (Å²) in [4.78, 5) is 14.5. The standard InChI is InChI=1S/C18H24ClNO2/c19-15-6-2-1-5-14(15)8-9-17(22)20-12-4-11-18(13-20)10-3-7-16(18)21/h1-2,5-6,16,21H,3-4,7-13H2/t16-,18-/m1/s1. The van der Waals surface area contributed by atoms with Crippen LogP contribution in [-0.4, -0.2) is 35.1 Å². The van der Waals surface area contributed by atoms with Crippen LogP contribution in [0.2, 0.25) is 5.02 Å². The summed E-state index contributed by atoms with van der Waals surface area (Å²) in [6.07, 6.45) is 6.05. The summed E-state index contributed by atoms with van der Waals surface area (Å²) in [5.74, 6) is 0.193. The zero-order valence-electron chi connectivity index (χ0n) is 12.9. The Bertz CT molecular complexity index is 548. The van der Waals surface area contributed by atoms with Crippen LogP contribution >= 0.6 is 11.6 Å². The highest BCUT2D eigenvalue weighted by Gasteiger charge is 2.45. The highest BCUT2D eigenvalue weighted by Crippen LogP contribution is 2.45. The smallest absolute Gasteiger partial charge is 0.222 e. The molecule has 1 heterocycles. The third-order valence-corrected chi connectivity index (χ3v) is 5.76. The van der Waals surface area contributed by atoms with E-state index in [0.29, 0.717) is 12.8 Å². The molecule has 1 aromatic rings. The first-order valence-electron chi connectivity index (χ1n) is 8.30. The quantitative estimate of drug-likeness (QED) is 0.926. The van der Waals surface area contributed by atoms with E-state index in [1.54, 1.807) is 0 Å². The Labute approximate surface area is 137 Å². The van der Waals surface area contributed by atoms with Crippen molar-refractivity contribution in [2.45, 2.75) is 51.0 Å². The van der Waals surface area contributed by atoms with E-state index in [1.807, 2.05) is 29.2 Å². The van der Waals surface area contributed by atoms with Crippen LogP contribution in [0.3, 0.4) is 0 Å². The van der Waals surface area contributed by atoms with E-state index in [1.165, 1.54) is 0 Å². The Balaban J connectivity index is 1.59. The molecule has 0 unspecified atom stereocenters. The minimum Gasteiger partial charge on any atom is -0.392 e. The van der Waals surface area contributed by atoms with Gasteiger partial charge in [-0.05, 0) is 43.7 Å². The Morgan fingerprint density at radius 2 is 2.09 bits per heavy atom. The number of amides is 1. The van der Waals surface area contributed by atoms with Crippen LogP contribution in [0.15, 0.2) is 24.3 Å². The SMILES string of the molecule is O=C(CCc1ccccc1Cl)N1CCC[C@]2(CCC[C@H]2O)C1. The molecule has 0 aromatic heterocycles. The van der Waals surface area contributed by atoms with E-state index in [-0.39, 0.29) is 17.4 Å². The predicted octanol–water partition coefficient (Wildman–Crippen LogP) is 3.43. The molecular weight excluding hydrogens is 298 g/mol. The molecule has 2 atom stereocenters. The zero-order valence-corrected chi connectivity index (χ0v) is 13.7. The second-order valence-corrected chi connectivity index (χ2v) is 7.19. The molecule has 0 bridgehead atoms. The Morgan fingerprint density at radius 3 is 2.82 bits per heavy atom. The summed E-state index contributed by atoms with van der Waals surface area (Å²) in [5, 5.41) is 11.0. The molecule has 1 aliphatic heterocycles. The molecule has 2 fully saturated rings. The van der Waals surface area contributed by atoms with E-state index in [4.69, 9.17) is 11.6 Å². The molecule has 1 spiro atoms. The molecule has 1 amide bonds. The summed E-state index contributed by atoms with van der Waals surface area (Å²) < 4.78 is 0. The molecule has 1 saturated heterocycles. The largest absolute Gasteiger partial charge is 0.392 e. The van der Waals surface area contributed by atoms with Crippen LogP contribution in [0.4, 0.5) is 0 Å². The van der Waals surface area contributed by atoms with Crippen molar-refractivity contribution in [1.82, 2.24) is 4.90 Å². The number of nitrogens with zero attached hydrogens (tertiary/aromatic N) is 1. The van der Waals surface area contributed by atoms with Gasteiger partial charge in [-0.25, -0.2) is 0 Å². The lowest BCUT2D eigenvalue weighted by atomic mass is 9.76. The van der Waals surface area contributed by atoms with Crippen LogP contribution in [0.25, 0.3) is 0 Å². The van der Waals surface area contributed by atoms with Crippen LogP contribution in [-0.2, 0) is 11.2 Å². The van der Waals surface area contributed by atoms with Gasteiger partial charge in [-0.2, -0.15) is 0 Å². The van der Waals surface area contributed by atoms with Crippen molar-refractivity contribution >= 4 is 17.5 Å². The topological polar surface area (TPSA) is 40.5 Å². The Hall–Kier alpha value is -1.06. The maximum absolute atomic E-state index is 12.5. The molecule has 1 N–H and O–H groups in total. The van der Waals surface area contributed by atoms with E-state index < -0.39 is 0 Å². The fourth-order valence-corrected chi connectivity index (χ4v) is 4.30. The van der Waals surface area contributed by atoms with Gasteiger partial charge < -0.3 is 10.0 Å². The van der Waals surface area contributed by atoms with Crippen molar-refractivity contribution < 1.29 is 9.90 Å². The van der Waals surface area contributed by atoms with Crippen LogP contribution in [0.1, 0.15) is 44.1 Å². The summed E-state index contributed by atoms with van der Waals surface area (Å²) in [6.45, 7) is 1.56. The van der Waals surface area contributed by atoms with Gasteiger partial charge in [-0.3, -0.25) is 4.79 Å². The molecule has 3 nitrogen and oxygen atoms in total. The molecule has 22 heavy (non-hydrogen) atoms. The molecule has 1 aliphatic carbocycles. The molecule has 1 saturated carbocycles. The summed E-state index contributed by atoms with van der Waals surface area (Å²) in [6, 6.07) is 7.71. The molecule has 4 heteroatoms. The number of carbonyl (C=O) groups is 1. The van der Waals surface area contributed by atoms with Gasteiger partial charge >= 0.3 is 0 Å². The normalized spacial score (nSPS) is 28.3. The van der Waals surface area contributed by atoms with Crippen LogP contribution < -0.4 is 0 Å². The van der Waals surface area contributed by atoms with Crippen molar-refractivity contribution in [2.24, 2.45) is 5.41 Å². The lowest BCUT2D eigenvalue weighted by Gasteiger charge is -2.42. The van der Waals surface area contributed by atoms with Gasteiger partial charge in [0.25, 0.3) is 0 Å². The number of aliphatic hydroxyl groups is 1. The third-order valence-electron chi connectivity index (χ3n) is 5.39. The van der Waals surface area contributed by atoms with E-state index in [2.05, 4.69) is 0 Å². The van der Waals surface area contributed by atoms with Gasteiger partial charge in [-0.1, -0.05) is 36.2 Å². The molecule has 120 valence electrons. The number of hydrogen-bond donors (Lipinski definition) is 1. The van der Waals surface area contributed by atoms with Crippen molar-refractivity contribution in [3.05, 3.63) is 34.9 Å². The van der Waals surface area contributed by atoms with Crippen molar-refractivity contribution in [2.75, 3.05) is 13.1 Å². The van der Waals surface area contributed by atoms with E-state index in [9.17, 15) is 9.90 Å². The molecule has 3 rings (SSSR count). The van der Waals surface area contributed by atoms with Gasteiger partial charge in [0.15, 0.2) is 0 Å². The number of piperidine rings is 1. The van der Waals surface area contributed by atoms with Gasteiger partial charge in [-0.15, -0.1) is 0 Å². The number of likely N-dealkylation sites (tertiary alicyclic amines) is 1. The van der Waals surface area contributed by atoms with Gasteiger partial charge in [0.2, 0.25) is 5.91 Å². The molecular formula is C18H24ClNO2. The fourth-order valence-electron chi connectivity index (χ4n) is 4.07. The predicted molar refractivity (Wildman–Crippen MR) is 87.9 cm³/mol. The molecule has 0 radical (unpaired) electrons. The monoisotopic (exact) mass is 321 g/mol. The summed E-state index contributed by atoms with van der Waals surface area (Å²) in [5.41, 5.74) is 1.00. The fraction of sp³-hybridized carbons (Fsp3) is 0.611. The number of rotatable bonds is 3.